The van der Waals surface area contributed by atoms with Crippen molar-refractivity contribution < 1.29 is 42.0 Å². The van der Waals surface area contributed by atoms with Gasteiger partial charge in [-0.25, -0.2) is 4.85 Å². The average Bonchev–Trinajstić information content (AvgIpc) is 3.42. The number of anilines is 1. The van der Waals surface area contributed by atoms with E-state index in [0.717, 1.165) is 53.8 Å². The van der Waals surface area contributed by atoms with Crippen LogP contribution in [0.1, 0.15) is 56.6 Å². The maximum Gasteiger partial charge on any atom is 0.285 e. The van der Waals surface area contributed by atoms with Gasteiger partial charge < -0.3 is 9.80 Å². The Morgan fingerprint density at radius 3 is 2.12 bits per heavy atom. The number of amides is 1. The van der Waals surface area contributed by atoms with Gasteiger partial charge in [0.2, 0.25) is 0 Å². The number of quaternary nitrogens is 1. The molecule has 1 aliphatic heterocycles. The zero-order valence-corrected chi connectivity index (χ0v) is 19.2. The number of likely N-dealkylation sites (N-methyl/N-ethyl adjacent to an activating group) is 1. The van der Waals surface area contributed by atoms with Crippen molar-refractivity contribution in [3.05, 3.63) is 34.7 Å². The second-order valence-corrected chi connectivity index (χ2v) is 7.87. The van der Waals surface area contributed by atoms with Gasteiger partial charge in [0.25, 0.3) is 5.91 Å². The predicted octanol–water partition coefficient (Wildman–Crippen LogP) is 4.73. The molecule has 1 aromatic carbocycles. The van der Waals surface area contributed by atoms with Crippen molar-refractivity contribution in [3.8, 4) is 0 Å². The van der Waals surface area contributed by atoms with Crippen LogP contribution < -0.4 is 5.32 Å². The first-order valence-corrected chi connectivity index (χ1v) is 9.64. The summed E-state index contributed by atoms with van der Waals surface area (Å²) < 4.78 is 0.969. The van der Waals surface area contributed by atoms with Gasteiger partial charge in [0.15, 0.2) is 11.2 Å². The minimum atomic E-state index is -0.226. The maximum atomic E-state index is 13.3. The molecule has 1 saturated carbocycles. The molecule has 137 valence electrons. The number of likely N-dealkylation sites (tertiary alicyclic amines) is 1. The number of hydrogen-bond acceptors (Lipinski definition) is 1. The van der Waals surface area contributed by atoms with E-state index in [1.54, 1.807) is 0 Å². The van der Waals surface area contributed by atoms with Crippen molar-refractivity contribution in [1.82, 2.24) is 0 Å². The summed E-state index contributed by atoms with van der Waals surface area (Å²) in [5, 5.41) is 3.25. The number of nitrogens with one attached hydrogen (secondary N) is 1. The Kier molecular flexibility index (Phi) is 7.05. The molecule has 2 fully saturated rings. The fourth-order valence-electron chi connectivity index (χ4n) is 4.81. The van der Waals surface area contributed by atoms with E-state index in [1.165, 1.54) is 25.7 Å². The summed E-state index contributed by atoms with van der Waals surface area (Å²) in [4.78, 5) is 16.9. The smallest absolute Gasteiger partial charge is 0.285 e. The number of rotatable bonds is 4. The van der Waals surface area contributed by atoms with Crippen LogP contribution in [0.2, 0.25) is 0 Å². The van der Waals surface area contributed by atoms with Crippen LogP contribution in [0.5, 0.6) is 0 Å². The third-order valence-electron chi connectivity index (χ3n) is 6.47. The van der Waals surface area contributed by atoms with Crippen LogP contribution in [0, 0.1) is 20.4 Å². The molecule has 0 atom stereocenters. The summed E-state index contributed by atoms with van der Waals surface area (Å²) in [6.07, 6.45) is 7.08. The SMILES string of the molecule is [C-]#[N+]c1cc(C)c(NC(=O)C2([N+]3(CC)CCCCCC3)CC2)c(C)c1.[Y]. The van der Waals surface area contributed by atoms with Gasteiger partial charge in [0, 0.05) is 51.2 Å². The van der Waals surface area contributed by atoms with Gasteiger partial charge in [0.1, 0.15) is 0 Å². The Morgan fingerprint density at radius 1 is 1.15 bits per heavy atom. The number of nitrogens with zero attached hydrogens (tertiary/aromatic N) is 2. The molecule has 0 unspecified atom stereocenters. The van der Waals surface area contributed by atoms with Crippen LogP contribution in [0.4, 0.5) is 11.4 Å². The van der Waals surface area contributed by atoms with Crippen LogP contribution in [0.3, 0.4) is 0 Å². The van der Waals surface area contributed by atoms with Crippen molar-refractivity contribution in [3.63, 3.8) is 0 Å². The molecular weight excluding hydrogens is 399 g/mol. The Bertz CT molecular complexity index is 687. The molecule has 0 aromatic heterocycles. The van der Waals surface area contributed by atoms with Gasteiger partial charge >= 0.3 is 0 Å². The van der Waals surface area contributed by atoms with Crippen molar-refractivity contribution in [2.24, 2.45) is 0 Å². The van der Waals surface area contributed by atoms with Gasteiger partial charge in [-0.05, 0) is 57.6 Å². The molecular formula is C21H30N3OY+. The fraction of sp³-hybridized carbons (Fsp3) is 0.619. The molecule has 26 heavy (non-hydrogen) atoms. The molecule has 1 radical (unpaired) electrons. The van der Waals surface area contributed by atoms with Crippen molar-refractivity contribution in [2.75, 3.05) is 25.0 Å². The first-order valence-electron chi connectivity index (χ1n) is 9.64. The van der Waals surface area contributed by atoms with E-state index >= 15 is 0 Å². The van der Waals surface area contributed by atoms with Crippen molar-refractivity contribution >= 4 is 17.3 Å². The topological polar surface area (TPSA) is 33.5 Å². The number of carbonyl (C=O) groups excluding carboxylic acids is 1. The Morgan fingerprint density at radius 2 is 1.69 bits per heavy atom. The monoisotopic (exact) mass is 429 g/mol. The van der Waals surface area contributed by atoms with E-state index in [1.807, 2.05) is 26.0 Å². The molecule has 1 aliphatic carbocycles. The molecule has 5 heteroatoms. The van der Waals surface area contributed by atoms with Gasteiger partial charge in [0.05, 0.1) is 26.2 Å². The van der Waals surface area contributed by atoms with Crippen molar-refractivity contribution in [1.29, 1.82) is 0 Å². The van der Waals surface area contributed by atoms with Crippen LogP contribution in [-0.2, 0) is 37.5 Å². The zero-order valence-electron chi connectivity index (χ0n) is 16.4. The molecule has 1 saturated heterocycles. The minimum Gasteiger partial charge on any atom is -0.320 e. The van der Waals surface area contributed by atoms with Gasteiger partial charge in [-0.2, -0.15) is 0 Å². The third kappa shape index (κ3) is 3.77. The van der Waals surface area contributed by atoms with E-state index in [4.69, 9.17) is 6.57 Å². The Labute approximate surface area is 183 Å². The van der Waals surface area contributed by atoms with Crippen LogP contribution in [-0.4, -0.2) is 35.6 Å². The molecule has 3 rings (SSSR count). The normalized spacial score (nSPS) is 20.2. The molecule has 4 nitrogen and oxygen atoms in total. The van der Waals surface area contributed by atoms with Gasteiger partial charge in [-0.1, -0.05) is 12.1 Å². The molecule has 0 bridgehead atoms. The summed E-state index contributed by atoms with van der Waals surface area (Å²) in [7, 11) is 0. The second-order valence-electron chi connectivity index (χ2n) is 7.87. The minimum absolute atomic E-state index is 0. The predicted molar refractivity (Wildman–Crippen MR) is 102 cm³/mol. The summed E-state index contributed by atoms with van der Waals surface area (Å²) in [6.45, 7) is 16.7. The molecule has 1 amide bonds. The summed E-state index contributed by atoms with van der Waals surface area (Å²) in [5.41, 5.74) is 3.27. The molecule has 1 N–H and O–H groups in total. The zero-order chi connectivity index (χ0) is 18.1. The standard InChI is InChI=1S/C21H29N3O.Y/c1-5-24(12-8-6-7-9-13-24)21(10-11-21)20(25)23-19-16(2)14-18(22-4)15-17(19)3;/h14-15H,5-13H2,1-3H3;/p+1. The second kappa shape index (κ2) is 8.51. The van der Waals surface area contributed by atoms with E-state index in [9.17, 15) is 4.79 Å². The first kappa shape index (κ1) is 21.5. The molecule has 0 spiro atoms. The van der Waals surface area contributed by atoms with E-state index in [-0.39, 0.29) is 44.2 Å². The fourth-order valence-corrected chi connectivity index (χ4v) is 4.81. The molecule has 2 aliphatic rings. The van der Waals surface area contributed by atoms with E-state index < -0.39 is 0 Å². The van der Waals surface area contributed by atoms with E-state index in [2.05, 4.69) is 17.1 Å². The summed E-state index contributed by atoms with van der Waals surface area (Å²) >= 11 is 0. The number of hydrogen-bond donors (Lipinski definition) is 1. The van der Waals surface area contributed by atoms with Gasteiger partial charge in [-0.3, -0.25) is 4.79 Å². The van der Waals surface area contributed by atoms with Crippen molar-refractivity contribution in [2.45, 2.75) is 64.8 Å². The third-order valence-corrected chi connectivity index (χ3v) is 6.47. The largest absolute Gasteiger partial charge is 0.320 e. The van der Waals surface area contributed by atoms with Crippen LogP contribution in [0.15, 0.2) is 12.1 Å². The van der Waals surface area contributed by atoms with Gasteiger partial charge in [-0.15, -0.1) is 0 Å². The Balaban J connectivity index is 0.00000243. The van der Waals surface area contributed by atoms with Crippen LogP contribution in [0.25, 0.3) is 4.85 Å². The number of benzene rings is 1. The average molecular weight is 429 g/mol. The summed E-state index contributed by atoms with van der Waals surface area (Å²) in [6, 6.07) is 3.73. The van der Waals surface area contributed by atoms with E-state index in [0.29, 0.717) is 5.69 Å². The Hall–Kier alpha value is -0.756. The number of carbonyl (C=O) groups is 1. The number of aryl methyl sites for hydroxylation is 2. The van der Waals surface area contributed by atoms with Crippen LogP contribution >= 0.6 is 0 Å². The quantitative estimate of drug-likeness (QED) is 0.545. The first-order chi connectivity index (χ1) is 12.0. The summed E-state index contributed by atoms with van der Waals surface area (Å²) in [5.74, 6) is 0.193. The molecule has 1 heterocycles. The molecule has 1 aromatic rings. The maximum absolute atomic E-state index is 13.3.